The van der Waals surface area contributed by atoms with Crippen molar-refractivity contribution in [2.75, 3.05) is 21.3 Å². The van der Waals surface area contributed by atoms with Crippen LogP contribution >= 0.6 is 12.2 Å². The van der Waals surface area contributed by atoms with Crippen LogP contribution in [0, 0.1) is 0 Å². The van der Waals surface area contributed by atoms with E-state index >= 15 is 0 Å². The molecule has 0 fully saturated rings. The van der Waals surface area contributed by atoms with Crippen molar-refractivity contribution < 1.29 is 14.2 Å². The highest BCUT2D eigenvalue weighted by Crippen LogP contribution is 2.43. The number of nitrogens with two attached hydrogens (primary N) is 1. The lowest BCUT2D eigenvalue weighted by molar-refractivity contribution is 0.322. The van der Waals surface area contributed by atoms with Crippen molar-refractivity contribution in [2.24, 2.45) is 10.8 Å². The summed E-state index contributed by atoms with van der Waals surface area (Å²) in [6, 6.07) is 2.01. The summed E-state index contributed by atoms with van der Waals surface area (Å²) in [6.07, 6.45) is 3.45. The topological polar surface area (TPSA) is 78.1 Å². The Morgan fingerprint density at radius 1 is 1.18 bits per heavy atom. The molecule has 0 unspecified atom stereocenters. The van der Waals surface area contributed by atoms with Crippen LogP contribution in [0.1, 0.15) is 24.0 Å². The van der Waals surface area contributed by atoms with Gasteiger partial charge in [-0.3, -0.25) is 5.43 Å². The van der Waals surface area contributed by atoms with Crippen LogP contribution in [-0.2, 0) is 12.8 Å². The van der Waals surface area contributed by atoms with Crippen LogP contribution in [0.2, 0.25) is 0 Å². The fourth-order valence-corrected chi connectivity index (χ4v) is 2.73. The molecular formula is C15H21N3O3S. The molecule has 0 spiro atoms. The van der Waals surface area contributed by atoms with Crippen LogP contribution < -0.4 is 25.4 Å². The lowest BCUT2D eigenvalue weighted by atomic mass is 10.00. The first-order chi connectivity index (χ1) is 10.6. The summed E-state index contributed by atoms with van der Waals surface area (Å²) in [4.78, 5) is 0. The van der Waals surface area contributed by atoms with Gasteiger partial charge in [-0.25, -0.2) is 0 Å². The van der Waals surface area contributed by atoms with Crippen LogP contribution in [-0.4, -0.2) is 32.2 Å². The zero-order chi connectivity index (χ0) is 16.1. The molecule has 0 amide bonds. The van der Waals surface area contributed by atoms with Crippen molar-refractivity contribution in [3.05, 3.63) is 17.2 Å². The Bertz CT molecular complexity index is 602. The number of hydrazone groups is 1. The number of hydrogen-bond donors (Lipinski definition) is 2. The number of nitrogens with one attached hydrogen (secondary N) is 1. The third kappa shape index (κ3) is 3.41. The van der Waals surface area contributed by atoms with E-state index in [4.69, 9.17) is 32.2 Å². The Balaban J connectivity index is 2.47. The largest absolute Gasteiger partial charge is 0.493 e. The normalized spacial score (nSPS) is 15.7. The van der Waals surface area contributed by atoms with E-state index in [0.29, 0.717) is 23.7 Å². The van der Waals surface area contributed by atoms with Gasteiger partial charge < -0.3 is 19.9 Å². The first kappa shape index (κ1) is 16.4. The monoisotopic (exact) mass is 323 g/mol. The molecule has 7 heteroatoms. The van der Waals surface area contributed by atoms with Crippen molar-refractivity contribution in [3.63, 3.8) is 0 Å². The molecule has 0 radical (unpaired) electrons. The molecule has 3 N–H and O–H groups in total. The highest BCUT2D eigenvalue weighted by atomic mass is 32.1. The molecule has 0 atom stereocenters. The highest BCUT2D eigenvalue weighted by Gasteiger charge is 2.23. The fraction of sp³-hybridized carbons (Fsp3) is 0.467. The summed E-state index contributed by atoms with van der Waals surface area (Å²) < 4.78 is 16.4. The van der Waals surface area contributed by atoms with Gasteiger partial charge >= 0.3 is 0 Å². The van der Waals surface area contributed by atoms with Gasteiger partial charge in [0, 0.05) is 17.7 Å². The summed E-state index contributed by atoms with van der Waals surface area (Å²) >= 11 is 4.80. The molecule has 2 rings (SSSR count). The predicted molar refractivity (Wildman–Crippen MR) is 90.1 cm³/mol. The molecule has 0 aromatic heterocycles. The van der Waals surface area contributed by atoms with E-state index in [0.717, 1.165) is 30.5 Å². The molecule has 0 aliphatic heterocycles. The minimum atomic E-state index is 0.163. The predicted octanol–water partition coefficient (Wildman–Crippen LogP) is 1.78. The highest BCUT2D eigenvalue weighted by molar-refractivity contribution is 7.80. The van der Waals surface area contributed by atoms with Gasteiger partial charge in [0.2, 0.25) is 5.75 Å². The van der Waals surface area contributed by atoms with Gasteiger partial charge in [-0.1, -0.05) is 0 Å². The second-order valence-electron chi connectivity index (χ2n) is 4.97. The van der Waals surface area contributed by atoms with E-state index in [1.807, 2.05) is 6.07 Å². The zero-order valence-corrected chi connectivity index (χ0v) is 13.9. The Labute approximate surface area is 135 Å². The van der Waals surface area contributed by atoms with Gasteiger partial charge in [-0.05, 0) is 43.1 Å². The van der Waals surface area contributed by atoms with Crippen molar-refractivity contribution >= 4 is 23.0 Å². The average molecular weight is 323 g/mol. The number of ether oxygens (including phenoxy) is 3. The summed E-state index contributed by atoms with van der Waals surface area (Å²) in [5, 5.41) is 4.45. The number of benzene rings is 1. The van der Waals surface area contributed by atoms with Crippen LogP contribution in [0.5, 0.6) is 17.2 Å². The molecule has 1 aliphatic carbocycles. The minimum Gasteiger partial charge on any atom is -0.493 e. The maximum absolute atomic E-state index is 5.58. The van der Waals surface area contributed by atoms with E-state index in [1.54, 1.807) is 21.3 Å². The molecule has 0 heterocycles. The first-order valence-electron chi connectivity index (χ1n) is 7.02. The summed E-state index contributed by atoms with van der Waals surface area (Å²) in [6.45, 7) is 0. The second-order valence-corrected chi connectivity index (χ2v) is 5.41. The second kappa shape index (κ2) is 7.31. The molecule has 1 aromatic carbocycles. The molecule has 22 heavy (non-hydrogen) atoms. The molecule has 0 saturated heterocycles. The van der Waals surface area contributed by atoms with Crippen LogP contribution in [0.4, 0.5) is 0 Å². The van der Waals surface area contributed by atoms with E-state index in [2.05, 4.69) is 10.5 Å². The van der Waals surface area contributed by atoms with Gasteiger partial charge in [0.15, 0.2) is 16.6 Å². The molecular weight excluding hydrogens is 302 g/mol. The van der Waals surface area contributed by atoms with E-state index in [1.165, 1.54) is 5.56 Å². The maximum Gasteiger partial charge on any atom is 0.203 e. The average Bonchev–Trinajstić information content (AvgIpc) is 2.72. The molecule has 0 bridgehead atoms. The quantitative estimate of drug-likeness (QED) is 0.500. The molecule has 120 valence electrons. The van der Waals surface area contributed by atoms with Crippen LogP contribution in [0.15, 0.2) is 11.2 Å². The Morgan fingerprint density at radius 3 is 2.50 bits per heavy atom. The van der Waals surface area contributed by atoms with E-state index in [9.17, 15) is 0 Å². The SMILES string of the molecule is COc1cc2c(c(OC)c1OC)CC(=NNC(N)=S)CCC2. The zero-order valence-electron chi connectivity index (χ0n) is 13.1. The summed E-state index contributed by atoms with van der Waals surface area (Å²) in [7, 11) is 4.86. The summed E-state index contributed by atoms with van der Waals surface area (Å²) in [5.41, 5.74) is 11.3. The van der Waals surface area contributed by atoms with Gasteiger partial charge in [0.1, 0.15) is 0 Å². The number of rotatable bonds is 4. The molecule has 1 aromatic rings. The van der Waals surface area contributed by atoms with Gasteiger partial charge in [0.25, 0.3) is 0 Å². The van der Waals surface area contributed by atoms with Crippen molar-refractivity contribution in [2.45, 2.75) is 25.7 Å². The van der Waals surface area contributed by atoms with Gasteiger partial charge in [-0.15, -0.1) is 0 Å². The standard InChI is InChI=1S/C15H21N3O3S/c1-19-12-7-9-5-4-6-10(17-18-15(16)22)8-11(9)13(20-2)14(12)21-3/h7H,4-6,8H2,1-3H3,(H3,16,18,22). The number of aryl methyl sites for hydroxylation is 1. The van der Waals surface area contributed by atoms with Crippen molar-refractivity contribution in [3.8, 4) is 17.2 Å². The number of methoxy groups -OCH3 is 3. The smallest absolute Gasteiger partial charge is 0.203 e. The molecule has 0 saturated carbocycles. The minimum absolute atomic E-state index is 0.163. The third-order valence-electron chi connectivity index (χ3n) is 3.64. The van der Waals surface area contributed by atoms with E-state index in [-0.39, 0.29) is 5.11 Å². The molecule has 6 nitrogen and oxygen atoms in total. The lowest BCUT2D eigenvalue weighted by Crippen LogP contribution is -2.25. The molecule has 1 aliphatic rings. The third-order valence-corrected chi connectivity index (χ3v) is 3.73. The number of thiocarbonyl (C=S) groups is 1. The fourth-order valence-electron chi connectivity index (χ4n) is 2.69. The van der Waals surface area contributed by atoms with Crippen LogP contribution in [0.25, 0.3) is 0 Å². The van der Waals surface area contributed by atoms with Crippen molar-refractivity contribution in [1.29, 1.82) is 0 Å². The Morgan fingerprint density at radius 2 is 1.91 bits per heavy atom. The van der Waals surface area contributed by atoms with Crippen molar-refractivity contribution in [1.82, 2.24) is 5.43 Å². The Hall–Kier alpha value is -2.02. The number of fused-ring (bicyclic) bond motifs is 1. The number of hydrogen-bond acceptors (Lipinski definition) is 5. The Kier molecular flexibility index (Phi) is 5.43. The van der Waals surface area contributed by atoms with Crippen LogP contribution in [0.3, 0.4) is 0 Å². The van der Waals surface area contributed by atoms with E-state index < -0.39 is 0 Å². The summed E-state index contributed by atoms with van der Waals surface area (Å²) in [5.74, 6) is 1.98. The number of nitrogens with zero attached hydrogens (tertiary/aromatic N) is 1. The van der Waals surface area contributed by atoms with Gasteiger partial charge in [0.05, 0.1) is 21.3 Å². The lowest BCUT2D eigenvalue weighted by Gasteiger charge is -2.18. The maximum atomic E-state index is 5.58. The first-order valence-corrected chi connectivity index (χ1v) is 7.43. The van der Waals surface area contributed by atoms with Gasteiger partial charge in [-0.2, -0.15) is 5.10 Å².